The Balaban J connectivity index is 1.74. The quantitative estimate of drug-likeness (QED) is 0.654. The van der Waals surface area contributed by atoms with Gasteiger partial charge in [-0.15, -0.1) is 0 Å². The molecule has 1 atom stereocenters. The normalized spacial score (nSPS) is 31.0. The van der Waals surface area contributed by atoms with Crippen molar-refractivity contribution < 1.29 is 9.18 Å². The molecule has 1 heterocycles. The van der Waals surface area contributed by atoms with Gasteiger partial charge in [0, 0.05) is 6.04 Å². The van der Waals surface area contributed by atoms with Gasteiger partial charge in [0.15, 0.2) is 0 Å². The molecule has 0 bridgehead atoms. The molecule has 2 rings (SSSR count). The zero-order chi connectivity index (χ0) is 9.64. The Morgan fingerprint density at radius 1 is 1.54 bits per heavy atom. The number of likely N-dealkylation sites (tertiary alicyclic amines) is 1. The highest BCUT2D eigenvalue weighted by atomic mass is 19.1. The molecule has 1 saturated carbocycles. The summed E-state index contributed by atoms with van der Waals surface area (Å²) < 4.78 is 12.4. The SMILES string of the molecule is CC1(C)CC1NC(=O)N1CC(F)C1. The van der Waals surface area contributed by atoms with Crippen molar-refractivity contribution in [3.8, 4) is 0 Å². The van der Waals surface area contributed by atoms with Crippen LogP contribution in [0.3, 0.4) is 0 Å². The van der Waals surface area contributed by atoms with Crippen LogP contribution in [0.15, 0.2) is 0 Å². The minimum absolute atomic E-state index is 0.107. The highest BCUT2D eigenvalue weighted by Gasteiger charge is 2.47. The summed E-state index contributed by atoms with van der Waals surface area (Å²) in [4.78, 5) is 12.9. The van der Waals surface area contributed by atoms with Gasteiger partial charge in [0.2, 0.25) is 0 Å². The summed E-state index contributed by atoms with van der Waals surface area (Å²) in [6.07, 6.45) is 0.226. The number of urea groups is 1. The maximum absolute atomic E-state index is 12.4. The van der Waals surface area contributed by atoms with Crippen LogP contribution in [0, 0.1) is 5.41 Å². The van der Waals surface area contributed by atoms with Crippen LogP contribution in [0.4, 0.5) is 9.18 Å². The molecule has 2 amide bonds. The van der Waals surface area contributed by atoms with E-state index in [2.05, 4.69) is 19.2 Å². The van der Waals surface area contributed by atoms with E-state index in [0.717, 1.165) is 6.42 Å². The molecule has 0 aromatic heterocycles. The zero-order valence-electron chi connectivity index (χ0n) is 8.01. The number of hydrogen-bond acceptors (Lipinski definition) is 1. The molecule has 4 heteroatoms. The molecule has 0 spiro atoms. The molecule has 2 aliphatic rings. The van der Waals surface area contributed by atoms with E-state index in [1.807, 2.05) is 0 Å². The lowest BCUT2D eigenvalue weighted by atomic mass is 10.2. The monoisotopic (exact) mass is 186 g/mol. The first-order valence-corrected chi connectivity index (χ1v) is 4.68. The van der Waals surface area contributed by atoms with Crippen LogP contribution in [-0.4, -0.2) is 36.2 Å². The first kappa shape index (κ1) is 8.78. The Morgan fingerprint density at radius 3 is 2.46 bits per heavy atom. The summed E-state index contributed by atoms with van der Waals surface area (Å²) in [6, 6.07) is 0.183. The van der Waals surface area contributed by atoms with E-state index in [0.29, 0.717) is 6.04 Å². The van der Waals surface area contributed by atoms with Gasteiger partial charge in [-0.25, -0.2) is 9.18 Å². The third-order valence-corrected chi connectivity index (χ3v) is 2.94. The van der Waals surface area contributed by atoms with Crippen LogP contribution in [0.25, 0.3) is 0 Å². The summed E-state index contributed by atoms with van der Waals surface area (Å²) in [7, 11) is 0. The summed E-state index contributed by atoms with van der Waals surface area (Å²) in [6.45, 7) is 4.76. The maximum Gasteiger partial charge on any atom is 0.317 e. The standard InChI is InChI=1S/C9H15FN2O/c1-9(2)3-7(9)11-8(13)12-4-6(10)5-12/h6-7H,3-5H2,1-2H3,(H,11,13). The van der Waals surface area contributed by atoms with Crippen molar-refractivity contribution in [3.05, 3.63) is 0 Å². The Morgan fingerprint density at radius 2 is 2.08 bits per heavy atom. The molecule has 74 valence electrons. The fourth-order valence-electron chi connectivity index (χ4n) is 1.54. The smallest absolute Gasteiger partial charge is 0.317 e. The van der Waals surface area contributed by atoms with Crippen molar-refractivity contribution in [2.45, 2.75) is 32.5 Å². The fourth-order valence-corrected chi connectivity index (χ4v) is 1.54. The highest BCUT2D eigenvalue weighted by molar-refractivity contribution is 5.76. The second kappa shape index (κ2) is 2.59. The van der Waals surface area contributed by atoms with E-state index in [-0.39, 0.29) is 24.5 Å². The van der Waals surface area contributed by atoms with Gasteiger partial charge < -0.3 is 10.2 Å². The van der Waals surface area contributed by atoms with E-state index in [4.69, 9.17) is 0 Å². The average Bonchev–Trinajstić information content (AvgIpc) is 2.52. The second-order valence-electron chi connectivity index (χ2n) is 4.70. The minimum atomic E-state index is -0.807. The minimum Gasteiger partial charge on any atom is -0.335 e. The van der Waals surface area contributed by atoms with Crippen LogP contribution < -0.4 is 5.32 Å². The number of rotatable bonds is 1. The maximum atomic E-state index is 12.4. The predicted molar refractivity (Wildman–Crippen MR) is 47.2 cm³/mol. The van der Waals surface area contributed by atoms with Gasteiger partial charge >= 0.3 is 6.03 Å². The van der Waals surface area contributed by atoms with Gasteiger partial charge in [0.25, 0.3) is 0 Å². The highest BCUT2D eigenvalue weighted by Crippen LogP contribution is 2.44. The Hall–Kier alpha value is -0.800. The number of nitrogens with zero attached hydrogens (tertiary/aromatic N) is 1. The Labute approximate surface area is 77.3 Å². The molecular weight excluding hydrogens is 171 g/mol. The molecule has 0 aromatic rings. The van der Waals surface area contributed by atoms with Crippen molar-refractivity contribution >= 4 is 6.03 Å². The fraction of sp³-hybridized carbons (Fsp3) is 0.889. The topological polar surface area (TPSA) is 32.3 Å². The lowest BCUT2D eigenvalue weighted by Gasteiger charge is -2.34. The number of carbonyl (C=O) groups excluding carboxylic acids is 1. The van der Waals surface area contributed by atoms with E-state index in [1.165, 1.54) is 4.90 Å². The van der Waals surface area contributed by atoms with Crippen molar-refractivity contribution in [1.82, 2.24) is 10.2 Å². The van der Waals surface area contributed by atoms with E-state index in [9.17, 15) is 9.18 Å². The van der Waals surface area contributed by atoms with Gasteiger partial charge in [-0.2, -0.15) is 0 Å². The number of alkyl halides is 1. The van der Waals surface area contributed by atoms with Crippen molar-refractivity contribution in [3.63, 3.8) is 0 Å². The van der Waals surface area contributed by atoms with Crippen LogP contribution in [0.2, 0.25) is 0 Å². The first-order valence-electron chi connectivity index (χ1n) is 4.68. The molecule has 3 nitrogen and oxygen atoms in total. The number of halogens is 1. The van der Waals surface area contributed by atoms with E-state index >= 15 is 0 Å². The van der Waals surface area contributed by atoms with Crippen LogP contribution >= 0.6 is 0 Å². The Bertz CT molecular complexity index is 236. The van der Waals surface area contributed by atoms with E-state index in [1.54, 1.807) is 0 Å². The second-order valence-corrected chi connectivity index (χ2v) is 4.70. The lowest BCUT2D eigenvalue weighted by molar-refractivity contribution is 0.0892. The van der Waals surface area contributed by atoms with Crippen molar-refractivity contribution in [1.29, 1.82) is 0 Å². The summed E-state index contributed by atoms with van der Waals surface area (Å²) in [5.74, 6) is 0. The third-order valence-electron chi connectivity index (χ3n) is 2.94. The lowest BCUT2D eigenvalue weighted by Crippen LogP contribution is -2.55. The number of nitrogens with one attached hydrogen (secondary N) is 1. The van der Waals surface area contributed by atoms with E-state index < -0.39 is 6.17 Å². The Kier molecular flexibility index (Phi) is 1.75. The average molecular weight is 186 g/mol. The summed E-state index contributed by atoms with van der Waals surface area (Å²) in [5, 5.41) is 2.89. The molecule has 0 aromatic carbocycles. The number of carbonyl (C=O) groups is 1. The molecule has 0 radical (unpaired) electrons. The number of amides is 2. The molecule has 1 aliphatic heterocycles. The molecule has 1 N–H and O–H groups in total. The zero-order valence-corrected chi connectivity index (χ0v) is 8.01. The molecular formula is C9H15FN2O. The van der Waals surface area contributed by atoms with Crippen LogP contribution in [0.5, 0.6) is 0 Å². The van der Waals surface area contributed by atoms with Gasteiger partial charge in [-0.05, 0) is 11.8 Å². The summed E-state index contributed by atoms with van der Waals surface area (Å²) in [5.41, 5.74) is 0.246. The predicted octanol–water partition coefficient (Wildman–Crippen LogP) is 1.15. The summed E-state index contributed by atoms with van der Waals surface area (Å²) >= 11 is 0. The van der Waals surface area contributed by atoms with Gasteiger partial charge in [0.05, 0.1) is 13.1 Å². The molecule has 1 aliphatic carbocycles. The largest absolute Gasteiger partial charge is 0.335 e. The molecule has 1 saturated heterocycles. The van der Waals surface area contributed by atoms with Gasteiger partial charge in [-0.1, -0.05) is 13.8 Å². The van der Waals surface area contributed by atoms with Crippen molar-refractivity contribution in [2.24, 2.45) is 5.41 Å². The first-order chi connectivity index (χ1) is 5.99. The third kappa shape index (κ3) is 1.62. The van der Waals surface area contributed by atoms with Gasteiger partial charge in [0.1, 0.15) is 6.17 Å². The van der Waals surface area contributed by atoms with Crippen LogP contribution in [0.1, 0.15) is 20.3 Å². The molecule has 2 fully saturated rings. The molecule has 13 heavy (non-hydrogen) atoms. The molecule has 1 unspecified atom stereocenters. The number of hydrogen-bond donors (Lipinski definition) is 1. The van der Waals surface area contributed by atoms with Crippen molar-refractivity contribution in [2.75, 3.05) is 13.1 Å². The van der Waals surface area contributed by atoms with Crippen LogP contribution in [-0.2, 0) is 0 Å². The van der Waals surface area contributed by atoms with Gasteiger partial charge in [-0.3, -0.25) is 0 Å².